The zero-order chi connectivity index (χ0) is 28.3. The number of ether oxygens (including phenoxy) is 1. The molecule has 0 saturated carbocycles. The molecule has 0 bridgehead atoms. The van der Waals surface area contributed by atoms with Crippen molar-refractivity contribution in [2.75, 3.05) is 6.54 Å². The van der Waals surface area contributed by atoms with Crippen molar-refractivity contribution in [1.82, 2.24) is 15.0 Å². The summed E-state index contributed by atoms with van der Waals surface area (Å²) in [6.45, 7) is 4.41. The van der Waals surface area contributed by atoms with E-state index in [-0.39, 0.29) is 28.2 Å². The van der Waals surface area contributed by atoms with E-state index in [0.717, 1.165) is 37.4 Å². The third kappa shape index (κ3) is 8.75. The van der Waals surface area contributed by atoms with Crippen LogP contribution in [-0.4, -0.2) is 43.8 Å². The van der Waals surface area contributed by atoms with Crippen molar-refractivity contribution in [3.63, 3.8) is 0 Å². The Labute approximate surface area is 229 Å². The number of esters is 1. The first-order valence-electron chi connectivity index (χ1n) is 12.9. The molecule has 0 aliphatic heterocycles. The Bertz CT molecular complexity index is 1350. The molecule has 3 aromatic rings. The van der Waals surface area contributed by atoms with Gasteiger partial charge >= 0.3 is 5.97 Å². The molecule has 206 valence electrons. The molecule has 0 fully saturated rings. The van der Waals surface area contributed by atoms with E-state index in [1.54, 1.807) is 36.4 Å². The number of rotatable bonds is 13. The molecule has 0 saturated heterocycles. The summed E-state index contributed by atoms with van der Waals surface area (Å²) in [5, 5.41) is 2.82. The van der Waals surface area contributed by atoms with Crippen molar-refractivity contribution in [3.8, 4) is 0 Å². The number of pyridine rings is 1. The molecule has 3 rings (SSSR count). The number of amides is 2. The smallest absolute Gasteiger partial charge is 0.357 e. The van der Waals surface area contributed by atoms with Crippen molar-refractivity contribution in [3.05, 3.63) is 95.3 Å². The standard InChI is InChI=1S/C29H33N3O6S/c1-3-8-24(9-4-2)38-29(35)26-17-14-23(20-31-26)28(34)32-39(36,37)25-15-12-21(13-16-25)18-19-30-27(33)22-10-6-5-7-11-22/h5-7,10-17,20,24H,3-4,8-9,18-19H2,1-2H3,(H,30,33)(H,32,34). The molecule has 0 aliphatic carbocycles. The fourth-order valence-electron chi connectivity index (χ4n) is 3.85. The second-order valence-electron chi connectivity index (χ2n) is 8.99. The zero-order valence-electron chi connectivity index (χ0n) is 22.1. The first kappa shape index (κ1) is 29.5. The number of nitrogens with one attached hydrogen (secondary N) is 2. The fraction of sp³-hybridized carbons (Fsp3) is 0.310. The van der Waals surface area contributed by atoms with Gasteiger partial charge < -0.3 is 10.1 Å². The summed E-state index contributed by atoms with van der Waals surface area (Å²) in [4.78, 5) is 41.0. The van der Waals surface area contributed by atoms with Gasteiger partial charge in [0, 0.05) is 18.3 Å². The highest BCUT2D eigenvalue weighted by molar-refractivity contribution is 7.90. The van der Waals surface area contributed by atoms with Crippen LogP contribution in [0.4, 0.5) is 0 Å². The molecule has 1 heterocycles. The minimum Gasteiger partial charge on any atom is -0.458 e. The predicted molar refractivity (Wildman–Crippen MR) is 147 cm³/mol. The molecule has 0 unspecified atom stereocenters. The Morgan fingerprint density at radius 1 is 0.846 bits per heavy atom. The van der Waals surface area contributed by atoms with Gasteiger partial charge in [0.25, 0.3) is 21.8 Å². The Kier molecular flexibility index (Phi) is 10.7. The maximum absolute atomic E-state index is 12.7. The number of aromatic nitrogens is 1. The van der Waals surface area contributed by atoms with Gasteiger partial charge in [-0.25, -0.2) is 22.9 Å². The number of nitrogens with zero attached hydrogens (tertiary/aromatic N) is 1. The topological polar surface area (TPSA) is 132 Å². The van der Waals surface area contributed by atoms with Crippen molar-refractivity contribution < 1.29 is 27.5 Å². The van der Waals surface area contributed by atoms with Gasteiger partial charge in [0.05, 0.1) is 10.5 Å². The van der Waals surface area contributed by atoms with E-state index in [9.17, 15) is 22.8 Å². The largest absolute Gasteiger partial charge is 0.458 e. The van der Waals surface area contributed by atoms with Crippen LogP contribution in [0.5, 0.6) is 0 Å². The van der Waals surface area contributed by atoms with Crippen LogP contribution in [0, 0.1) is 0 Å². The summed E-state index contributed by atoms with van der Waals surface area (Å²) in [5.74, 6) is -1.64. The Morgan fingerprint density at radius 2 is 1.51 bits per heavy atom. The maximum atomic E-state index is 12.7. The van der Waals surface area contributed by atoms with Crippen molar-refractivity contribution in [2.45, 2.75) is 57.0 Å². The van der Waals surface area contributed by atoms with Crippen LogP contribution < -0.4 is 10.0 Å². The molecule has 10 heteroatoms. The SMILES string of the molecule is CCCC(CCC)OC(=O)c1ccc(C(=O)NS(=O)(=O)c2ccc(CCNC(=O)c3ccccc3)cc2)cn1. The lowest BCUT2D eigenvalue weighted by Crippen LogP contribution is -2.30. The number of benzene rings is 2. The number of sulfonamides is 1. The van der Waals surface area contributed by atoms with Crippen LogP contribution >= 0.6 is 0 Å². The molecule has 9 nitrogen and oxygen atoms in total. The molecule has 0 spiro atoms. The summed E-state index contributed by atoms with van der Waals surface area (Å²) in [7, 11) is -4.14. The molecule has 1 aromatic heterocycles. The quantitative estimate of drug-likeness (QED) is 0.303. The van der Waals surface area contributed by atoms with Crippen LogP contribution in [0.2, 0.25) is 0 Å². The molecule has 0 aliphatic rings. The van der Waals surface area contributed by atoms with Gasteiger partial charge in [-0.15, -0.1) is 0 Å². The first-order chi connectivity index (χ1) is 18.7. The summed E-state index contributed by atoms with van der Waals surface area (Å²) in [5.41, 5.74) is 1.41. The molecular formula is C29H33N3O6S. The van der Waals surface area contributed by atoms with Crippen LogP contribution in [0.15, 0.2) is 77.8 Å². The highest BCUT2D eigenvalue weighted by atomic mass is 32.2. The number of carbonyl (C=O) groups is 3. The summed E-state index contributed by atoms with van der Waals surface area (Å²) in [6.07, 6.45) is 4.73. The van der Waals surface area contributed by atoms with Crippen molar-refractivity contribution in [1.29, 1.82) is 0 Å². The first-order valence-corrected chi connectivity index (χ1v) is 14.4. The molecule has 0 radical (unpaired) electrons. The number of hydrogen-bond donors (Lipinski definition) is 2. The van der Waals surface area contributed by atoms with Crippen molar-refractivity contribution in [2.24, 2.45) is 0 Å². The number of carbonyl (C=O) groups excluding carboxylic acids is 3. The second kappa shape index (κ2) is 14.2. The lowest BCUT2D eigenvalue weighted by Gasteiger charge is -2.16. The summed E-state index contributed by atoms with van der Waals surface area (Å²) >= 11 is 0. The van der Waals surface area contributed by atoms with Gasteiger partial charge in [0.1, 0.15) is 11.8 Å². The van der Waals surface area contributed by atoms with E-state index >= 15 is 0 Å². The molecule has 2 N–H and O–H groups in total. The van der Waals surface area contributed by atoms with E-state index in [1.165, 1.54) is 24.3 Å². The third-order valence-corrected chi connectivity index (χ3v) is 7.27. The zero-order valence-corrected chi connectivity index (χ0v) is 22.9. The Balaban J connectivity index is 1.54. The van der Waals surface area contributed by atoms with Crippen LogP contribution in [-0.2, 0) is 21.2 Å². The van der Waals surface area contributed by atoms with Gasteiger partial charge in [0.15, 0.2) is 0 Å². The molecule has 2 aromatic carbocycles. The normalized spacial score (nSPS) is 11.2. The maximum Gasteiger partial charge on any atom is 0.357 e. The molecule has 0 atom stereocenters. The summed E-state index contributed by atoms with van der Waals surface area (Å²) in [6, 6.07) is 17.5. The third-order valence-electron chi connectivity index (χ3n) is 5.93. The highest BCUT2D eigenvalue weighted by Gasteiger charge is 2.21. The van der Waals surface area contributed by atoms with Crippen LogP contribution in [0.3, 0.4) is 0 Å². The number of hydrogen-bond acceptors (Lipinski definition) is 7. The van der Waals surface area contributed by atoms with Crippen molar-refractivity contribution >= 4 is 27.8 Å². The lowest BCUT2D eigenvalue weighted by molar-refractivity contribution is 0.0251. The van der Waals surface area contributed by atoms with Gasteiger partial charge in [-0.3, -0.25) is 9.59 Å². The average molecular weight is 552 g/mol. The second-order valence-corrected chi connectivity index (χ2v) is 10.7. The molecule has 2 amide bonds. The molecule has 39 heavy (non-hydrogen) atoms. The fourth-order valence-corrected chi connectivity index (χ4v) is 4.83. The van der Waals surface area contributed by atoms with E-state index < -0.39 is 21.9 Å². The average Bonchev–Trinajstić information content (AvgIpc) is 2.94. The predicted octanol–water partition coefficient (Wildman–Crippen LogP) is 4.30. The van der Waals surface area contributed by atoms with E-state index in [0.29, 0.717) is 18.5 Å². The van der Waals surface area contributed by atoms with Gasteiger partial charge in [0.2, 0.25) is 0 Å². The van der Waals surface area contributed by atoms with Crippen LogP contribution in [0.1, 0.15) is 76.3 Å². The Hall–Kier alpha value is -4.05. The Morgan fingerprint density at radius 3 is 2.10 bits per heavy atom. The molecular weight excluding hydrogens is 518 g/mol. The minimum atomic E-state index is -4.14. The van der Waals surface area contributed by atoms with E-state index in [1.807, 2.05) is 24.6 Å². The van der Waals surface area contributed by atoms with Gasteiger partial charge in [-0.05, 0) is 61.2 Å². The van der Waals surface area contributed by atoms with E-state index in [2.05, 4.69) is 10.3 Å². The monoisotopic (exact) mass is 551 g/mol. The van der Waals surface area contributed by atoms with E-state index in [4.69, 9.17) is 4.74 Å². The van der Waals surface area contributed by atoms with Crippen LogP contribution in [0.25, 0.3) is 0 Å². The van der Waals surface area contributed by atoms with Gasteiger partial charge in [-0.2, -0.15) is 0 Å². The van der Waals surface area contributed by atoms with Gasteiger partial charge in [-0.1, -0.05) is 57.0 Å². The minimum absolute atomic E-state index is 0.0143. The lowest BCUT2D eigenvalue weighted by atomic mass is 10.1. The summed E-state index contributed by atoms with van der Waals surface area (Å²) < 4.78 is 33.0. The highest BCUT2D eigenvalue weighted by Crippen LogP contribution is 2.14.